The minimum absolute atomic E-state index is 0.0665. The number of nitrogens with one attached hydrogen (secondary N) is 2. The van der Waals surface area contributed by atoms with E-state index in [1.807, 2.05) is 48.5 Å². The highest BCUT2D eigenvalue weighted by atomic mass is 35.5. The molecule has 208 valence electrons. The topological polar surface area (TPSA) is 122 Å². The minimum atomic E-state index is -4.01. The maximum absolute atomic E-state index is 13.4. The number of carboxylic acid groups (broad SMARTS) is 1. The number of carbonyl (C=O) groups excluding carboxylic acids is 1. The standard InChI is InChI=1S/C29H27ClN2O6S2/c30-21-12-10-20(11-13-21)25-14-15-27(39-25)40(36,37)32-29(28(34)35)16-23(29)22-8-4-5-9-24(22)38-18-26(33)31-17-19-6-2-1-3-7-19/h1-14,23,27,32H,15-18H2,(H,31,33)(H,34,35). The number of hydrogen-bond donors (Lipinski definition) is 3. The van der Waals surface area contributed by atoms with Crippen LogP contribution in [0.3, 0.4) is 0 Å². The van der Waals surface area contributed by atoms with E-state index in [1.54, 1.807) is 36.4 Å². The molecule has 0 aromatic heterocycles. The van der Waals surface area contributed by atoms with Crippen LogP contribution in [0.1, 0.15) is 35.4 Å². The van der Waals surface area contributed by atoms with Crippen molar-refractivity contribution in [2.45, 2.75) is 35.4 Å². The number of rotatable bonds is 11. The summed E-state index contributed by atoms with van der Waals surface area (Å²) in [6.07, 6.45) is 2.15. The van der Waals surface area contributed by atoms with Gasteiger partial charge in [-0.05, 0) is 47.7 Å². The largest absolute Gasteiger partial charge is 0.483 e. The van der Waals surface area contributed by atoms with Crippen molar-refractivity contribution in [3.05, 3.63) is 107 Å². The van der Waals surface area contributed by atoms with Crippen LogP contribution < -0.4 is 14.8 Å². The van der Waals surface area contributed by atoms with Crippen LogP contribution in [-0.2, 0) is 26.2 Å². The molecule has 0 spiro atoms. The van der Waals surface area contributed by atoms with Crippen LogP contribution >= 0.6 is 23.4 Å². The van der Waals surface area contributed by atoms with E-state index in [9.17, 15) is 23.1 Å². The Morgan fingerprint density at radius 1 is 1.02 bits per heavy atom. The lowest BCUT2D eigenvalue weighted by Crippen LogP contribution is -2.47. The van der Waals surface area contributed by atoms with E-state index >= 15 is 0 Å². The molecule has 1 aliphatic carbocycles. The van der Waals surface area contributed by atoms with Gasteiger partial charge in [-0.1, -0.05) is 78.3 Å². The van der Waals surface area contributed by atoms with Crippen LogP contribution in [0.25, 0.3) is 4.91 Å². The van der Waals surface area contributed by atoms with E-state index in [0.717, 1.165) is 16.0 Å². The van der Waals surface area contributed by atoms with Gasteiger partial charge in [-0.15, -0.1) is 11.8 Å². The lowest BCUT2D eigenvalue weighted by molar-refractivity contribution is -0.140. The Bertz CT molecular complexity index is 1550. The number of benzene rings is 3. The number of halogens is 1. The molecule has 0 bridgehead atoms. The fourth-order valence-corrected chi connectivity index (χ4v) is 8.00. The summed E-state index contributed by atoms with van der Waals surface area (Å²) in [6, 6.07) is 23.3. The monoisotopic (exact) mass is 598 g/mol. The van der Waals surface area contributed by atoms with Crippen LogP contribution in [-0.4, -0.2) is 42.1 Å². The molecule has 3 atom stereocenters. The van der Waals surface area contributed by atoms with Crippen molar-refractivity contribution >= 4 is 50.2 Å². The molecular weight excluding hydrogens is 572 g/mol. The van der Waals surface area contributed by atoms with Crippen molar-refractivity contribution in [3.63, 3.8) is 0 Å². The van der Waals surface area contributed by atoms with Gasteiger partial charge in [0.1, 0.15) is 15.9 Å². The molecule has 1 fully saturated rings. The van der Waals surface area contributed by atoms with E-state index in [0.29, 0.717) is 22.9 Å². The summed E-state index contributed by atoms with van der Waals surface area (Å²) < 4.78 is 34.1. The Kier molecular flexibility index (Phi) is 8.23. The molecule has 1 amide bonds. The normalized spacial score (nSPS) is 21.9. The minimum Gasteiger partial charge on any atom is -0.483 e. The fraction of sp³-hybridized carbons (Fsp3) is 0.241. The average molecular weight is 599 g/mol. The molecule has 40 heavy (non-hydrogen) atoms. The second-order valence-corrected chi connectivity index (χ2v) is 13.5. The predicted molar refractivity (Wildman–Crippen MR) is 155 cm³/mol. The maximum Gasteiger partial charge on any atom is 0.325 e. The first kappa shape index (κ1) is 28.2. The van der Waals surface area contributed by atoms with Gasteiger partial charge < -0.3 is 15.2 Å². The van der Waals surface area contributed by atoms with E-state index in [2.05, 4.69) is 10.0 Å². The van der Waals surface area contributed by atoms with E-state index in [1.165, 1.54) is 11.8 Å². The third-order valence-electron chi connectivity index (χ3n) is 6.88. The van der Waals surface area contributed by atoms with Gasteiger partial charge in [-0.25, -0.2) is 8.42 Å². The highest BCUT2D eigenvalue weighted by Crippen LogP contribution is 2.55. The Morgan fingerprint density at radius 2 is 1.73 bits per heavy atom. The molecule has 0 saturated heterocycles. The van der Waals surface area contributed by atoms with Gasteiger partial charge in [0, 0.05) is 22.4 Å². The number of allylic oxidation sites excluding steroid dienone is 1. The third-order valence-corrected chi connectivity index (χ3v) is 10.8. The van der Waals surface area contributed by atoms with Crippen molar-refractivity contribution in [2.75, 3.05) is 6.61 Å². The lowest BCUT2D eigenvalue weighted by Gasteiger charge is -2.20. The molecule has 3 unspecified atom stereocenters. The zero-order valence-electron chi connectivity index (χ0n) is 21.2. The molecule has 8 nitrogen and oxygen atoms in total. The Labute approximate surface area is 241 Å². The smallest absolute Gasteiger partial charge is 0.325 e. The van der Waals surface area contributed by atoms with Crippen molar-refractivity contribution in [1.82, 2.24) is 10.0 Å². The highest BCUT2D eigenvalue weighted by molar-refractivity contribution is 8.18. The van der Waals surface area contributed by atoms with Crippen molar-refractivity contribution < 1.29 is 27.9 Å². The van der Waals surface area contributed by atoms with Crippen LogP contribution in [0, 0.1) is 0 Å². The summed E-state index contributed by atoms with van der Waals surface area (Å²) in [4.78, 5) is 25.6. The van der Waals surface area contributed by atoms with Gasteiger partial charge in [-0.2, -0.15) is 4.72 Å². The zero-order valence-corrected chi connectivity index (χ0v) is 23.6. The molecule has 1 heterocycles. The second-order valence-electron chi connectivity index (χ2n) is 9.63. The first-order chi connectivity index (χ1) is 19.2. The van der Waals surface area contributed by atoms with Gasteiger partial charge in [0.2, 0.25) is 10.0 Å². The van der Waals surface area contributed by atoms with Crippen LogP contribution in [0.15, 0.2) is 84.9 Å². The molecule has 11 heteroatoms. The molecule has 3 N–H and O–H groups in total. The van der Waals surface area contributed by atoms with Gasteiger partial charge in [-0.3, -0.25) is 9.59 Å². The Morgan fingerprint density at radius 3 is 2.45 bits per heavy atom. The quantitative estimate of drug-likeness (QED) is 0.291. The molecule has 3 aromatic rings. The molecule has 1 saturated carbocycles. The molecule has 3 aromatic carbocycles. The maximum atomic E-state index is 13.4. The van der Waals surface area contributed by atoms with Gasteiger partial charge >= 0.3 is 5.97 Å². The van der Waals surface area contributed by atoms with E-state index in [4.69, 9.17) is 16.3 Å². The van der Waals surface area contributed by atoms with Crippen molar-refractivity contribution in [1.29, 1.82) is 0 Å². The van der Waals surface area contributed by atoms with E-state index < -0.39 is 32.0 Å². The first-order valence-corrected chi connectivity index (χ1v) is 15.4. The SMILES string of the molecule is O=C(COc1ccccc1C1CC1(NS(=O)(=O)C1CC=C(c2ccc(Cl)cc2)S1)C(=O)O)NCc1ccccc1. The Hall–Kier alpha value is -3.31. The van der Waals surface area contributed by atoms with Crippen LogP contribution in [0.4, 0.5) is 0 Å². The molecule has 2 aliphatic rings. The van der Waals surface area contributed by atoms with E-state index in [-0.39, 0.29) is 25.4 Å². The number of aliphatic carboxylic acids is 1. The molecule has 5 rings (SSSR count). The number of thioether (sulfide) groups is 1. The van der Waals surface area contributed by atoms with Gasteiger partial charge in [0.05, 0.1) is 0 Å². The summed E-state index contributed by atoms with van der Waals surface area (Å²) in [7, 11) is -4.01. The summed E-state index contributed by atoms with van der Waals surface area (Å²) in [5.41, 5.74) is 0.631. The van der Waals surface area contributed by atoms with Gasteiger partial charge in [0.15, 0.2) is 6.61 Å². The number of carbonyl (C=O) groups is 2. The summed E-state index contributed by atoms with van der Waals surface area (Å²) >= 11 is 7.14. The number of carboxylic acids is 1. The highest BCUT2D eigenvalue weighted by Gasteiger charge is 2.64. The number of para-hydroxylation sites is 1. The van der Waals surface area contributed by atoms with Crippen LogP contribution in [0.2, 0.25) is 5.02 Å². The number of hydrogen-bond acceptors (Lipinski definition) is 6. The van der Waals surface area contributed by atoms with Gasteiger partial charge in [0.25, 0.3) is 5.91 Å². The number of sulfonamides is 1. The lowest BCUT2D eigenvalue weighted by atomic mass is 10.1. The molecule has 1 aliphatic heterocycles. The summed E-state index contributed by atoms with van der Waals surface area (Å²) in [5, 5.41) is 13.5. The third kappa shape index (κ3) is 6.20. The summed E-state index contributed by atoms with van der Waals surface area (Å²) in [5.74, 6) is -1.91. The zero-order chi connectivity index (χ0) is 28.3. The predicted octanol–water partition coefficient (Wildman–Crippen LogP) is 4.77. The average Bonchev–Trinajstić information content (AvgIpc) is 3.43. The molecule has 0 radical (unpaired) electrons. The Balaban J connectivity index is 1.24. The fourth-order valence-electron chi connectivity index (χ4n) is 4.67. The van der Waals surface area contributed by atoms with Crippen molar-refractivity contribution in [2.24, 2.45) is 0 Å². The summed E-state index contributed by atoms with van der Waals surface area (Å²) in [6.45, 7) is 0.0885. The second kappa shape index (κ2) is 11.7. The number of ether oxygens (including phenoxy) is 1. The van der Waals surface area contributed by atoms with Crippen molar-refractivity contribution in [3.8, 4) is 5.75 Å². The van der Waals surface area contributed by atoms with Crippen LogP contribution in [0.5, 0.6) is 5.75 Å². The first-order valence-electron chi connectivity index (χ1n) is 12.6. The number of amides is 1. The molecular formula is C29H27ClN2O6S2.